The molecule has 0 amide bonds. The molecule has 8 heavy (non-hydrogen) atoms. The van der Waals surface area contributed by atoms with Crippen LogP contribution in [-0.4, -0.2) is 0 Å². The second-order valence-corrected chi connectivity index (χ2v) is 3.40. The Bertz CT molecular complexity index is 27.7. The Morgan fingerprint density at radius 1 is 1.12 bits per heavy atom. The van der Waals surface area contributed by atoms with Gasteiger partial charge in [0.1, 0.15) is 0 Å². The first kappa shape index (κ1) is 11.7. The molecule has 0 bridgehead atoms. The molecule has 0 spiro atoms. The van der Waals surface area contributed by atoms with E-state index in [1.54, 1.807) is 0 Å². The Morgan fingerprint density at radius 3 is 2.12 bits per heavy atom. The third-order valence-corrected chi connectivity index (χ3v) is 2.15. The van der Waals surface area contributed by atoms with Gasteiger partial charge in [-0.25, -0.2) is 0 Å². The minimum atomic E-state index is 0. The maximum atomic E-state index is 2.26. The van der Waals surface area contributed by atoms with Crippen molar-refractivity contribution in [1.29, 1.82) is 0 Å². The normalized spacial score (nSPS) is 8.38. The third kappa shape index (κ3) is 10.0. The fraction of sp³-hybridized carbons (Fsp3) is 1.00. The van der Waals surface area contributed by atoms with E-state index in [2.05, 4.69) is 6.92 Å². The second-order valence-electron chi connectivity index (χ2n) is 1.91. The van der Waals surface area contributed by atoms with Crippen LogP contribution in [0.2, 0.25) is 5.02 Å². The number of hydrogen-bond acceptors (Lipinski definition) is 0. The van der Waals surface area contributed by atoms with Gasteiger partial charge in [0.05, 0.1) is 0 Å². The summed E-state index contributed by atoms with van der Waals surface area (Å²) in [5.41, 5.74) is 0. The van der Waals surface area contributed by atoms with Crippen LogP contribution in [0.4, 0.5) is 0 Å². The van der Waals surface area contributed by atoms with Crippen molar-refractivity contribution >= 4 is 0 Å². The average molecular weight is 186 g/mol. The first-order valence-corrected chi connectivity index (χ1v) is 5.31. The predicted octanol–water partition coefficient (Wildman–Crippen LogP) is -0.464. The molecule has 0 aliphatic rings. The Morgan fingerprint density at radius 2 is 1.75 bits per heavy atom. The van der Waals surface area contributed by atoms with E-state index < -0.39 is 0 Å². The van der Waals surface area contributed by atoms with Crippen molar-refractivity contribution in [1.82, 2.24) is 0 Å². The molecular weight excluding hydrogens is 173 g/mol. The van der Waals surface area contributed by atoms with E-state index in [1.165, 1.54) is 49.0 Å². The molecule has 0 radical (unpaired) electrons. The smallest absolute Gasteiger partial charge is 1.00 e. The van der Waals surface area contributed by atoms with Gasteiger partial charge in [0.15, 0.2) is 0 Å². The molecule has 46 valence electrons. The van der Waals surface area contributed by atoms with Gasteiger partial charge in [-0.1, -0.05) is 0 Å². The van der Waals surface area contributed by atoms with Gasteiger partial charge in [-0.3, -0.25) is 0 Å². The molecule has 0 saturated heterocycles. The summed E-state index contributed by atoms with van der Waals surface area (Å²) >= 11 is 1.49. The van der Waals surface area contributed by atoms with Crippen LogP contribution in [0.5, 0.6) is 0 Å². The maximum absolute atomic E-state index is 2.26. The zero-order valence-electron chi connectivity index (χ0n) is 5.62. The van der Waals surface area contributed by atoms with Crippen molar-refractivity contribution < 1.29 is 30.7 Å². The van der Waals surface area contributed by atoms with Crippen molar-refractivity contribution in [3.8, 4) is 0 Å². The van der Waals surface area contributed by atoms with Crippen LogP contribution in [0.1, 0.15) is 32.6 Å². The maximum Gasteiger partial charge on any atom is -1.00 e. The molecule has 0 aromatic rings. The number of unbranched alkanes of at least 4 members (excludes halogenated alkanes) is 3. The molecule has 0 N–H and O–H groups in total. The Hall–Kier alpha value is 0.913. The number of hydrogen-bond donors (Lipinski definition) is 0. The summed E-state index contributed by atoms with van der Waals surface area (Å²) in [4.78, 5) is 0. The molecule has 0 aliphatic carbocycles. The van der Waals surface area contributed by atoms with Crippen LogP contribution in [0.25, 0.3) is 0 Å². The molecule has 0 atom stereocenters. The third-order valence-electron chi connectivity index (χ3n) is 1.10. The van der Waals surface area contributed by atoms with Crippen molar-refractivity contribution in [2.75, 3.05) is 0 Å². The van der Waals surface area contributed by atoms with E-state index in [-0.39, 0.29) is 12.4 Å². The Balaban J connectivity index is 0. The molecule has 0 rings (SSSR count). The number of halogens is 1. The fourth-order valence-corrected chi connectivity index (χ4v) is 1.35. The molecular formula is C6H13ClZn. The zero-order valence-corrected chi connectivity index (χ0v) is 9.34. The molecule has 0 saturated carbocycles. The molecule has 2 heteroatoms. The summed E-state index contributed by atoms with van der Waals surface area (Å²) < 4.78 is 0. The van der Waals surface area contributed by atoms with Crippen molar-refractivity contribution in [3.63, 3.8) is 0 Å². The van der Waals surface area contributed by atoms with E-state index in [9.17, 15) is 0 Å². The standard InChI is InChI=1S/C6H13.ClH.Zn/c1-3-5-6-4-2;;/h1,3-6H2,2H3;1H;/q;;+1/p-1. The van der Waals surface area contributed by atoms with Gasteiger partial charge in [0, 0.05) is 0 Å². The SMILES string of the molecule is CCCCC[CH2][Zn+].[Cl-]. The first-order chi connectivity index (χ1) is 3.41. The fourth-order valence-electron chi connectivity index (χ4n) is 0.604. The van der Waals surface area contributed by atoms with E-state index in [0.717, 1.165) is 0 Å². The predicted molar refractivity (Wildman–Crippen MR) is 28.9 cm³/mol. The van der Waals surface area contributed by atoms with Crippen molar-refractivity contribution in [2.45, 2.75) is 37.6 Å². The molecule has 0 unspecified atom stereocenters. The van der Waals surface area contributed by atoms with E-state index in [4.69, 9.17) is 0 Å². The molecule has 0 nitrogen and oxygen atoms in total. The second kappa shape index (κ2) is 10.8. The molecule has 0 aromatic carbocycles. The molecule has 0 aromatic heterocycles. The topological polar surface area (TPSA) is 0 Å². The van der Waals surface area contributed by atoms with Crippen LogP contribution in [0, 0.1) is 0 Å². The minimum Gasteiger partial charge on any atom is -1.00 e. The van der Waals surface area contributed by atoms with Gasteiger partial charge in [-0.15, -0.1) is 0 Å². The quantitative estimate of drug-likeness (QED) is 0.411. The van der Waals surface area contributed by atoms with Crippen molar-refractivity contribution in [3.05, 3.63) is 0 Å². The van der Waals surface area contributed by atoms with Crippen LogP contribution in [0.3, 0.4) is 0 Å². The molecule has 0 fully saturated rings. The summed E-state index contributed by atoms with van der Waals surface area (Å²) in [6.45, 7) is 2.26. The molecule has 0 aliphatic heterocycles. The molecule has 0 heterocycles. The van der Waals surface area contributed by atoms with Crippen molar-refractivity contribution in [2.24, 2.45) is 0 Å². The minimum absolute atomic E-state index is 0. The first-order valence-electron chi connectivity index (χ1n) is 3.21. The summed E-state index contributed by atoms with van der Waals surface area (Å²) in [6, 6.07) is 0. The number of rotatable bonds is 4. The zero-order chi connectivity index (χ0) is 5.54. The van der Waals surface area contributed by atoms with Crippen LogP contribution >= 0.6 is 0 Å². The van der Waals surface area contributed by atoms with E-state index in [1.807, 2.05) is 0 Å². The van der Waals surface area contributed by atoms with Crippen LogP contribution < -0.4 is 12.4 Å². The Labute approximate surface area is 68.5 Å². The van der Waals surface area contributed by atoms with Gasteiger partial charge in [0.25, 0.3) is 0 Å². The summed E-state index contributed by atoms with van der Waals surface area (Å²) in [5, 5.41) is 1.49. The van der Waals surface area contributed by atoms with E-state index in [0.29, 0.717) is 0 Å². The van der Waals surface area contributed by atoms with Gasteiger partial charge >= 0.3 is 55.9 Å². The van der Waals surface area contributed by atoms with E-state index >= 15 is 0 Å². The van der Waals surface area contributed by atoms with Gasteiger partial charge in [-0.2, -0.15) is 0 Å². The average Bonchev–Trinajstić information content (AvgIpc) is 1.69. The summed E-state index contributed by atoms with van der Waals surface area (Å²) in [5.74, 6) is 0. The summed E-state index contributed by atoms with van der Waals surface area (Å²) in [7, 11) is 0. The summed E-state index contributed by atoms with van der Waals surface area (Å²) in [6.07, 6.45) is 5.77. The monoisotopic (exact) mass is 184 g/mol. The Kier molecular flexibility index (Phi) is 15.8. The van der Waals surface area contributed by atoms with Gasteiger partial charge < -0.3 is 12.4 Å². The van der Waals surface area contributed by atoms with Gasteiger partial charge in [-0.05, 0) is 0 Å². The van der Waals surface area contributed by atoms with Crippen LogP contribution in [-0.2, 0) is 18.3 Å². The largest absolute Gasteiger partial charge is 1.00 e. The van der Waals surface area contributed by atoms with Crippen LogP contribution in [0.15, 0.2) is 0 Å². The van der Waals surface area contributed by atoms with Gasteiger partial charge in [0.2, 0.25) is 0 Å².